The van der Waals surface area contributed by atoms with Gasteiger partial charge in [0.2, 0.25) is 5.96 Å². The molecule has 0 amide bonds. The van der Waals surface area contributed by atoms with Crippen molar-refractivity contribution >= 4 is 28.3 Å². The third-order valence-electron chi connectivity index (χ3n) is 6.08. The van der Waals surface area contributed by atoms with Crippen LogP contribution in [0.1, 0.15) is 19.3 Å². The summed E-state index contributed by atoms with van der Waals surface area (Å²) in [5.41, 5.74) is 2.39. The lowest BCUT2D eigenvalue weighted by molar-refractivity contribution is 0.0834. The molecule has 0 radical (unpaired) electrons. The summed E-state index contributed by atoms with van der Waals surface area (Å²) in [6.07, 6.45) is 4.10. The second kappa shape index (κ2) is 7.97. The Morgan fingerprint density at radius 2 is 1.75 bits per heavy atom. The van der Waals surface area contributed by atoms with Gasteiger partial charge in [0.25, 0.3) is 0 Å². The molecule has 1 aliphatic carbocycles. The van der Waals surface area contributed by atoms with E-state index in [-0.39, 0.29) is 0 Å². The Bertz CT molecular complexity index is 853. The number of hydrogen-bond acceptors (Lipinski definition) is 5. The molecule has 3 aliphatic rings. The van der Waals surface area contributed by atoms with Crippen molar-refractivity contribution < 1.29 is 4.21 Å². The maximum absolute atomic E-state index is 13.2. The van der Waals surface area contributed by atoms with Crippen molar-refractivity contribution in [2.45, 2.75) is 30.2 Å². The van der Waals surface area contributed by atoms with Crippen LogP contribution in [-0.2, 0) is 11.0 Å². The first-order chi connectivity index (χ1) is 13.8. The summed E-state index contributed by atoms with van der Waals surface area (Å²) < 4.78 is 15.2. The highest BCUT2D eigenvalue weighted by Crippen LogP contribution is 2.27. The largest absolute Gasteiger partial charge is 0.339 e. The van der Waals surface area contributed by atoms with Crippen molar-refractivity contribution in [1.29, 1.82) is 0 Å². The zero-order chi connectivity index (χ0) is 18.9. The zero-order valence-corrected chi connectivity index (χ0v) is 17.6. The lowest BCUT2D eigenvalue weighted by Crippen LogP contribution is -2.55. The summed E-state index contributed by atoms with van der Waals surface area (Å²) in [6, 6.07) is 11.0. The summed E-state index contributed by atoms with van der Waals surface area (Å²) in [6.45, 7) is 5.63. The van der Waals surface area contributed by atoms with Gasteiger partial charge in [0, 0.05) is 32.2 Å². The number of nitrogens with zero attached hydrogens (tertiary/aromatic N) is 4. The van der Waals surface area contributed by atoms with E-state index in [0.717, 1.165) is 56.2 Å². The van der Waals surface area contributed by atoms with Crippen LogP contribution in [0.5, 0.6) is 0 Å². The quantitative estimate of drug-likeness (QED) is 0.771. The Labute approximate surface area is 173 Å². The first kappa shape index (κ1) is 18.3. The lowest BCUT2D eigenvalue weighted by atomic mass is 9.91. The highest BCUT2D eigenvalue weighted by Gasteiger charge is 2.33. The van der Waals surface area contributed by atoms with Gasteiger partial charge in [0.15, 0.2) is 11.0 Å². The Kier molecular flexibility index (Phi) is 5.22. The van der Waals surface area contributed by atoms with Gasteiger partial charge in [-0.25, -0.2) is 4.21 Å². The Morgan fingerprint density at radius 3 is 2.39 bits per heavy atom. The summed E-state index contributed by atoms with van der Waals surface area (Å²) in [5.74, 6) is 0.925. The Morgan fingerprint density at radius 1 is 0.964 bits per heavy atom. The number of guanidine groups is 1. The number of aliphatic imine (C=N–C) groups is 1. The van der Waals surface area contributed by atoms with E-state index in [2.05, 4.69) is 38.8 Å². The monoisotopic (exact) mass is 414 g/mol. The normalized spacial score (nSPS) is 22.2. The van der Waals surface area contributed by atoms with E-state index in [0.29, 0.717) is 0 Å². The third-order valence-corrected chi connectivity index (χ3v) is 8.18. The van der Waals surface area contributed by atoms with Crippen LogP contribution in [0.4, 0.5) is 0 Å². The first-order valence-corrected chi connectivity index (χ1v) is 12.2. The van der Waals surface area contributed by atoms with Gasteiger partial charge in [0.1, 0.15) is 0 Å². The minimum atomic E-state index is -1.20. The van der Waals surface area contributed by atoms with Gasteiger partial charge in [-0.15, -0.1) is 0 Å². The van der Waals surface area contributed by atoms with Crippen LogP contribution in [0.2, 0.25) is 0 Å². The van der Waals surface area contributed by atoms with E-state index in [9.17, 15) is 4.21 Å². The number of rotatable bonds is 4. The molecule has 1 saturated carbocycles. The minimum Gasteiger partial charge on any atom is -0.339 e. The van der Waals surface area contributed by atoms with E-state index in [4.69, 9.17) is 4.99 Å². The van der Waals surface area contributed by atoms with Crippen molar-refractivity contribution in [3.63, 3.8) is 0 Å². The SMILES string of the molecule is O=S(c1ccc(-c2ccsc2)cc1)N1CCN=C1N1CCN(C2CCC2)CC1. The molecule has 2 aromatic rings. The van der Waals surface area contributed by atoms with Gasteiger partial charge < -0.3 is 4.90 Å². The second-order valence-electron chi connectivity index (χ2n) is 7.68. The predicted molar refractivity (Wildman–Crippen MR) is 116 cm³/mol. The summed E-state index contributed by atoms with van der Waals surface area (Å²) in [5, 5.41) is 4.22. The van der Waals surface area contributed by atoms with Crippen molar-refractivity contribution in [2.75, 3.05) is 39.3 Å². The molecule has 1 unspecified atom stereocenters. The van der Waals surface area contributed by atoms with Gasteiger partial charge in [-0.2, -0.15) is 11.3 Å². The van der Waals surface area contributed by atoms with Crippen LogP contribution in [0, 0.1) is 0 Å². The maximum Gasteiger partial charge on any atom is 0.209 e. The van der Waals surface area contributed by atoms with Crippen molar-refractivity contribution in [3.8, 4) is 11.1 Å². The molecule has 1 atom stereocenters. The van der Waals surface area contributed by atoms with Crippen LogP contribution < -0.4 is 0 Å². The highest BCUT2D eigenvalue weighted by molar-refractivity contribution is 7.83. The number of thiophene rings is 1. The van der Waals surface area contributed by atoms with Gasteiger partial charge in [-0.05, 0) is 52.9 Å². The second-order valence-corrected chi connectivity index (χ2v) is 9.87. The van der Waals surface area contributed by atoms with Crippen molar-refractivity contribution in [2.24, 2.45) is 4.99 Å². The molecule has 0 bridgehead atoms. The highest BCUT2D eigenvalue weighted by atomic mass is 32.2. The average Bonchev–Trinajstić information content (AvgIpc) is 3.39. The molecule has 1 aromatic carbocycles. The minimum absolute atomic E-state index is 0.733. The molecule has 2 fully saturated rings. The number of hydrogen-bond donors (Lipinski definition) is 0. The molecule has 5 rings (SSSR count). The van der Waals surface area contributed by atoms with Crippen LogP contribution in [0.3, 0.4) is 0 Å². The predicted octanol–water partition coefficient (Wildman–Crippen LogP) is 3.28. The summed E-state index contributed by atoms with van der Waals surface area (Å²) in [7, 11) is -1.20. The molecule has 2 aliphatic heterocycles. The van der Waals surface area contributed by atoms with Crippen molar-refractivity contribution in [3.05, 3.63) is 41.1 Å². The molecule has 0 spiro atoms. The lowest BCUT2D eigenvalue weighted by Gasteiger charge is -2.44. The fourth-order valence-electron chi connectivity index (χ4n) is 4.19. The van der Waals surface area contributed by atoms with Crippen LogP contribution in [0.15, 0.2) is 51.0 Å². The summed E-state index contributed by atoms with van der Waals surface area (Å²) >= 11 is 1.70. The molecule has 3 heterocycles. The zero-order valence-electron chi connectivity index (χ0n) is 16.0. The molecule has 1 saturated heterocycles. The molecule has 148 valence electrons. The van der Waals surface area contributed by atoms with Gasteiger partial charge in [-0.1, -0.05) is 18.6 Å². The van der Waals surface area contributed by atoms with Gasteiger partial charge in [-0.3, -0.25) is 14.2 Å². The smallest absolute Gasteiger partial charge is 0.209 e. The maximum atomic E-state index is 13.2. The standard InChI is InChI=1S/C21H26N4OS2/c26-28(20-6-4-17(5-7-20)18-8-15-27-16-18)25-10-9-22-21(25)24-13-11-23(12-14-24)19-2-1-3-19/h4-8,15-16,19H,1-3,9-14H2. The van der Waals surface area contributed by atoms with Crippen LogP contribution in [0.25, 0.3) is 11.1 Å². The molecule has 28 heavy (non-hydrogen) atoms. The van der Waals surface area contributed by atoms with Crippen LogP contribution in [-0.4, -0.2) is 69.6 Å². The van der Waals surface area contributed by atoms with E-state index in [1.165, 1.54) is 30.4 Å². The number of piperazine rings is 1. The summed E-state index contributed by atoms with van der Waals surface area (Å²) in [4.78, 5) is 10.5. The average molecular weight is 415 g/mol. The van der Waals surface area contributed by atoms with E-state index < -0.39 is 11.0 Å². The van der Waals surface area contributed by atoms with E-state index >= 15 is 0 Å². The molecule has 1 aromatic heterocycles. The fourth-order valence-corrected chi connectivity index (χ4v) is 6.05. The topological polar surface area (TPSA) is 39.2 Å². The van der Waals surface area contributed by atoms with E-state index in [1.807, 2.05) is 16.4 Å². The van der Waals surface area contributed by atoms with Crippen LogP contribution >= 0.6 is 11.3 Å². The molecule has 0 N–H and O–H groups in total. The Balaban J connectivity index is 1.25. The molecular weight excluding hydrogens is 388 g/mol. The fraction of sp³-hybridized carbons (Fsp3) is 0.476. The van der Waals surface area contributed by atoms with Crippen molar-refractivity contribution in [1.82, 2.24) is 14.1 Å². The molecule has 7 heteroatoms. The molecule has 5 nitrogen and oxygen atoms in total. The van der Waals surface area contributed by atoms with Gasteiger partial charge >= 0.3 is 0 Å². The van der Waals surface area contributed by atoms with Gasteiger partial charge in [0.05, 0.1) is 18.0 Å². The molecular formula is C21H26N4OS2. The third kappa shape index (κ3) is 3.51. The first-order valence-electron chi connectivity index (χ1n) is 10.1. The Hall–Kier alpha value is -1.70. The van der Waals surface area contributed by atoms with E-state index in [1.54, 1.807) is 11.3 Å². The number of benzene rings is 1.